The van der Waals surface area contributed by atoms with Crippen LogP contribution >= 0.6 is 24.0 Å². The van der Waals surface area contributed by atoms with Crippen LogP contribution in [0.4, 0.5) is 9.18 Å². The van der Waals surface area contributed by atoms with Crippen molar-refractivity contribution < 1.29 is 18.7 Å². The number of nitrogens with one attached hydrogen (secondary N) is 2. The van der Waals surface area contributed by atoms with Crippen LogP contribution in [0.2, 0.25) is 0 Å². The zero-order valence-electron chi connectivity index (χ0n) is 16.6. The van der Waals surface area contributed by atoms with Gasteiger partial charge in [-0.1, -0.05) is 12.1 Å². The number of carbonyl (C=O) groups is 1. The van der Waals surface area contributed by atoms with Gasteiger partial charge in [-0.3, -0.25) is 4.99 Å². The van der Waals surface area contributed by atoms with E-state index in [4.69, 9.17) is 9.47 Å². The summed E-state index contributed by atoms with van der Waals surface area (Å²) in [4.78, 5) is 17.7. The molecule has 1 amide bonds. The van der Waals surface area contributed by atoms with E-state index in [0.717, 1.165) is 12.8 Å². The van der Waals surface area contributed by atoms with E-state index in [0.29, 0.717) is 32.2 Å². The number of hydrogen-bond donors (Lipinski definition) is 2. The van der Waals surface area contributed by atoms with Crippen molar-refractivity contribution in [1.82, 2.24) is 15.5 Å². The maximum atomic E-state index is 13.6. The number of para-hydroxylation sites is 1. The first-order valence-corrected chi connectivity index (χ1v) is 9.33. The number of hydrogen-bond acceptors (Lipinski definition) is 4. The second kappa shape index (κ2) is 12.6. The number of halogens is 2. The Morgan fingerprint density at radius 2 is 2.04 bits per heavy atom. The number of nitrogens with zero attached hydrogens (tertiary/aromatic N) is 2. The summed E-state index contributed by atoms with van der Waals surface area (Å²) < 4.78 is 24.3. The third kappa shape index (κ3) is 7.69. The molecule has 0 aliphatic carbocycles. The Labute approximate surface area is 183 Å². The van der Waals surface area contributed by atoms with Crippen molar-refractivity contribution in [3.05, 3.63) is 30.1 Å². The summed E-state index contributed by atoms with van der Waals surface area (Å²) in [5, 5.41) is 6.55. The van der Waals surface area contributed by atoms with Crippen molar-refractivity contribution in [2.24, 2.45) is 4.99 Å². The Morgan fingerprint density at radius 1 is 1.36 bits per heavy atom. The third-order valence-electron chi connectivity index (χ3n) is 4.31. The molecule has 2 N–H and O–H groups in total. The van der Waals surface area contributed by atoms with Crippen LogP contribution in [0, 0.1) is 5.82 Å². The number of aliphatic imine (C=N–C) groups is 1. The summed E-state index contributed by atoms with van der Waals surface area (Å²) in [6.07, 6.45) is 1.16. The van der Waals surface area contributed by atoms with Gasteiger partial charge in [0.1, 0.15) is 6.10 Å². The average Bonchev–Trinajstić information content (AvgIpc) is 2.67. The lowest BCUT2D eigenvalue weighted by Crippen LogP contribution is -2.50. The number of carbonyl (C=O) groups excluding carboxylic acids is 1. The normalized spacial score (nSPS) is 16.0. The lowest BCUT2D eigenvalue weighted by molar-refractivity contribution is 0.0963. The van der Waals surface area contributed by atoms with E-state index in [2.05, 4.69) is 15.6 Å². The smallest absolute Gasteiger partial charge is 0.409 e. The summed E-state index contributed by atoms with van der Waals surface area (Å²) in [5.74, 6) is 0.523. The summed E-state index contributed by atoms with van der Waals surface area (Å²) >= 11 is 0. The molecule has 1 aliphatic heterocycles. The van der Waals surface area contributed by atoms with Crippen LogP contribution in [0.3, 0.4) is 0 Å². The quantitative estimate of drug-likeness (QED) is 0.351. The molecule has 0 radical (unpaired) electrons. The molecule has 1 atom stereocenters. The van der Waals surface area contributed by atoms with Gasteiger partial charge in [-0.25, -0.2) is 9.18 Å². The second-order valence-electron chi connectivity index (χ2n) is 6.42. The zero-order chi connectivity index (χ0) is 19.6. The van der Waals surface area contributed by atoms with E-state index < -0.39 is 0 Å². The van der Waals surface area contributed by atoms with Crippen molar-refractivity contribution in [1.29, 1.82) is 0 Å². The number of piperidine rings is 1. The predicted octanol–water partition coefficient (Wildman–Crippen LogP) is 3.00. The standard InChI is InChI=1S/C19H29FN4O3.HI/c1-4-26-19(25)24-11-9-15(10-12-24)23-18(21-3)22-13-14(2)27-17-8-6-5-7-16(17)20;/h5-8,14-15H,4,9-13H2,1-3H3,(H2,21,22,23);1H. The van der Waals surface area contributed by atoms with Gasteiger partial charge in [-0.05, 0) is 38.8 Å². The molecule has 7 nitrogen and oxygen atoms in total. The highest BCUT2D eigenvalue weighted by molar-refractivity contribution is 14.0. The zero-order valence-corrected chi connectivity index (χ0v) is 18.9. The Hall–Kier alpha value is -1.78. The lowest BCUT2D eigenvalue weighted by atomic mass is 10.1. The van der Waals surface area contributed by atoms with Gasteiger partial charge in [-0.2, -0.15) is 0 Å². The van der Waals surface area contributed by atoms with Gasteiger partial charge in [-0.15, -0.1) is 24.0 Å². The Bertz CT molecular complexity index is 639. The first kappa shape index (κ1) is 24.3. The van der Waals surface area contributed by atoms with Crippen LogP contribution in [0.5, 0.6) is 5.75 Å². The average molecular weight is 508 g/mol. The highest BCUT2D eigenvalue weighted by Crippen LogP contribution is 2.16. The van der Waals surface area contributed by atoms with Crippen molar-refractivity contribution >= 4 is 36.0 Å². The van der Waals surface area contributed by atoms with Gasteiger partial charge in [0.15, 0.2) is 17.5 Å². The molecule has 0 aromatic heterocycles. The fraction of sp³-hybridized carbons (Fsp3) is 0.579. The van der Waals surface area contributed by atoms with E-state index in [-0.39, 0.29) is 53.8 Å². The van der Waals surface area contributed by atoms with Gasteiger partial charge in [0, 0.05) is 26.2 Å². The highest BCUT2D eigenvalue weighted by Gasteiger charge is 2.24. The summed E-state index contributed by atoms with van der Waals surface area (Å²) in [6.45, 7) is 5.85. The molecule has 1 saturated heterocycles. The Kier molecular flexibility index (Phi) is 10.9. The minimum Gasteiger partial charge on any atom is -0.486 e. The molecule has 9 heteroatoms. The van der Waals surface area contributed by atoms with Crippen molar-refractivity contribution in [2.45, 2.75) is 38.8 Å². The maximum Gasteiger partial charge on any atom is 0.409 e. The molecule has 0 spiro atoms. The van der Waals surface area contributed by atoms with Gasteiger partial charge >= 0.3 is 6.09 Å². The number of likely N-dealkylation sites (tertiary alicyclic amines) is 1. The van der Waals surface area contributed by atoms with E-state index in [9.17, 15) is 9.18 Å². The fourth-order valence-corrected chi connectivity index (χ4v) is 2.85. The first-order valence-electron chi connectivity index (χ1n) is 9.33. The van der Waals surface area contributed by atoms with Crippen LogP contribution in [-0.2, 0) is 4.74 Å². The highest BCUT2D eigenvalue weighted by atomic mass is 127. The maximum absolute atomic E-state index is 13.6. The number of ether oxygens (including phenoxy) is 2. The molecule has 0 bridgehead atoms. The Balaban J connectivity index is 0.00000392. The van der Waals surface area contributed by atoms with Crippen LogP contribution in [0.25, 0.3) is 0 Å². The number of rotatable bonds is 6. The number of guanidine groups is 1. The molecule has 1 fully saturated rings. The molecule has 2 rings (SSSR count). The monoisotopic (exact) mass is 508 g/mol. The molecule has 28 heavy (non-hydrogen) atoms. The van der Waals surface area contributed by atoms with Gasteiger partial charge in [0.05, 0.1) is 13.2 Å². The lowest BCUT2D eigenvalue weighted by Gasteiger charge is -2.32. The molecular formula is C19H30FIN4O3. The summed E-state index contributed by atoms with van der Waals surface area (Å²) in [5.41, 5.74) is 0. The minimum atomic E-state index is -0.375. The fourth-order valence-electron chi connectivity index (χ4n) is 2.85. The predicted molar refractivity (Wildman–Crippen MR) is 118 cm³/mol. The molecule has 1 unspecified atom stereocenters. The molecule has 1 aromatic carbocycles. The third-order valence-corrected chi connectivity index (χ3v) is 4.31. The summed E-state index contributed by atoms with van der Waals surface area (Å²) in [6, 6.07) is 6.57. The van der Waals surface area contributed by atoms with Gasteiger partial charge < -0.3 is 25.0 Å². The SMILES string of the molecule is CCOC(=O)N1CCC(NC(=NC)NCC(C)Oc2ccccc2F)CC1.I. The molecule has 1 heterocycles. The minimum absolute atomic E-state index is 0. The molecule has 1 aromatic rings. The first-order chi connectivity index (χ1) is 13.0. The van der Waals surface area contributed by atoms with Crippen molar-refractivity contribution in [2.75, 3.05) is 33.3 Å². The number of amides is 1. The van der Waals surface area contributed by atoms with E-state index >= 15 is 0 Å². The Morgan fingerprint density at radius 3 is 2.64 bits per heavy atom. The van der Waals surface area contributed by atoms with Gasteiger partial charge in [0.2, 0.25) is 0 Å². The largest absolute Gasteiger partial charge is 0.486 e. The number of benzene rings is 1. The van der Waals surface area contributed by atoms with E-state index in [1.807, 2.05) is 6.92 Å². The van der Waals surface area contributed by atoms with Crippen LogP contribution in [-0.4, -0.2) is 62.4 Å². The molecular weight excluding hydrogens is 478 g/mol. The summed E-state index contributed by atoms with van der Waals surface area (Å²) in [7, 11) is 1.70. The second-order valence-corrected chi connectivity index (χ2v) is 6.42. The van der Waals surface area contributed by atoms with Crippen LogP contribution < -0.4 is 15.4 Å². The van der Waals surface area contributed by atoms with Crippen molar-refractivity contribution in [3.8, 4) is 5.75 Å². The van der Waals surface area contributed by atoms with Crippen molar-refractivity contribution in [3.63, 3.8) is 0 Å². The molecule has 1 aliphatic rings. The van der Waals surface area contributed by atoms with Gasteiger partial charge in [0.25, 0.3) is 0 Å². The topological polar surface area (TPSA) is 75.2 Å². The molecule has 158 valence electrons. The van der Waals surface area contributed by atoms with E-state index in [1.54, 1.807) is 37.1 Å². The van der Waals surface area contributed by atoms with E-state index in [1.165, 1.54) is 6.07 Å². The molecule has 0 saturated carbocycles. The van der Waals surface area contributed by atoms with Crippen LogP contribution in [0.15, 0.2) is 29.3 Å². The van der Waals surface area contributed by atoms with Crippen LogP contribution in [0.1, 0.15) is 26.7 Å².